The third-order valence-corrected chi connectivity index (χ3v) is 8.37. The number of ether oxygens (including phenoxy) is 1. The van der Waals surface area contributed by atoms with Gasteiger partial charge in [0.05, 0.1) is 12.1 Å². The Hall–Kier alpha value is -2.48. The van der Waals surface area contributed by atoms with Gasteiger partial charge in [-0.3, -0.25) is 14.6 Å². The van der Waals surface area contributed by atoms with Crippen molar-refractivity contribution in [1.82, 2.24) is 10.0 Å². The van der Waals surface area contributed by atoms with Crippen LogP contribution in [0.4, 0.5) is 9.59 Å². The molecule has 0 radical (unpaired) electrons. The van der Waals surface area contributed by atoms with Gasteiger partial charge in [0.25, 0.3) is 5.24 Å². The van der Waals surface area contributed by atoms with Gasteiger partial charge in [-0.25, -0.2) is 9.80 Å². The summed E-state index contributed by atoms with van der Waals surface area (Å²) in [6.07, 6.45) is 2.44. The standard InChI is InChI=1S/C27H27ClN2O4S3/c1-3-24(28)25(37-27(33)34-2)10-13-30-26(32)36-16-14-29(30)12-9-23(31)18-22-6-4-5-20(17-22)7-8-21-11-15-35-19-21/h3-6,11,15,17,19H,1,9-10,12-14,16,18H2,2H3/b25-24+. The first-order chi connectivity index (χ1) is 17.9. The fourth-order valence-corrected chi connectivity index (χ4v) is 5.79. The van der Waals surface area contributed by atoms with Gasteiger partial charge in [-0.15, -0.1) is 0 Å². The lowest BCUT2D eigenvalue weighted by Gasteiger charge is -2.38. The normalized spacial score (nSPS) is 14.4. The van der Waals surface area contributed by atoms with Gasteiger partial charge in [-0.05, 0) is 53.4 Å². The van der Waals surface area contributed by atoms with E-state index in [2.05, 4.69) is 18.4 Å². The molecule has 0 bridgehead atoms. The molecule has 0 N–H and O–H groups in total. The lowest BCUT2D eigenvalue weighted by atomic mass is 10.0. The van der Waals surface area contributed by atoms with E-state index in [0.717, 1.165) is 28.5 Å². The Morgan fingerprint density at radius 3 is 2.76 bits per heavy atom. The molecule has 1 amide bonds. The van der Waals surface area contributed by atoms with Crippen LogP contribution in [0.25, 0.3) is 0 Å². The van der Waals surface area contributed by atoms with Crippen molar-refractivity contribution in [3.05, 3.63) is 80.4 Å². The molecule has 3 rings (SSSR count). The zero-order valence-electron chi connectivity index (χ0n) is 20.4. The van der Waals surface area contributed by atoms with Crippen LogP contribution >= 0.6 is 46.5 Å². The van der Waals surface area contributed by atoms with Gasteiger partial charge in [-0.2, -0.15) is 11.3 Å². The van der Waals surface area contributed by atoms with E-state index in [1.54, 1.807) is 16.3 Å². The van der Waals surface area contributed by atoms with Gasteiger partial charge < -0.3 is 4.74 Å². The summed E-state index contributed by atoms with van der Waals surface area (Å²) in [5, 5.41) is 7.29. The summed E-state index contributed by atoms with van der Waals surface area (Å²) in [6.45, 7) is 5.06. The number of halogens is 1. The van der Waals surface area contributed by atoms with Crippen molar-refractivity contribution in [1.29, 1.82) is 0 Å². The number of rotatable bonds is 10. The molecule has 37 heavy (non-hydrogen) atoms. The van der Waals surface area contributed by atoms with Crippen LogP contribution in [0.15, 0.2) is 63.7 Å². The topological polar surface area (TPSA) is 66.9 Å². The highest BCUT2D eigenvalue weighted by atomic mass is 35.5. The number of amides is 1. The largest absolute Gasteiger partial charge is 0.461 e. The van der Waals surface area contributed by atoms with Crippen LogP contribution in [0, 0.1) is 11.8 Å². The zero-order valence-corrected chi connectivity index (χ0v) is 23.6. The lowest BCUT2D eigenvalue weighted by molar-refractivity contribution is -0.119. The van der Waals surface area contributed by atoms with Gasteiger partial charge >= 0.3 is 5.30 Å². The molecule has 1 aliphatic rings. The van der Waals surface area contributed by atoms with Crippen LogP contribution in [0.3, 0.4) is 0 Å². The summed E-state index contributed by atoms with van der Waals surface area (Å²) in [7, 11) is 1.30. The highest BCUT2D eigenvalue weighted by Crippen LogP contribution is 2.29. The Balaban J connectivity index is 1.57. The van der Waals surface area contributed by atoms with Gasteiger partial charge in [0.2, 0.25) is 0 Å². The number of hydrogen-bond acceptors (Lipinski definition) is 8. The van der Waals surface area contributed by atoms with Crippen molar-refractivity contribution >= 4 is 62.8 Å². The summed E-state index contributed by atoms with van der Waals surface area (Å²) >= 11 is 9.94. The van der Waals surface area contributed by atoms with Gasteiger partial charge in [-0.1, -0.05) is 53.9 Å². The molecular formula is C27H27ClN2O4S3. The quantitative estimate of drug-likeness (QED) is 0.181. The molecule has 0 aliphatic carbocycles. The van der Waals surface area contributed by atoms with Crippen LogP contribution in [-0.2, 0) is 16.0 Å². The molecule has 2 aromatic rings. The predicted octanol–water partition coefficient (Wildman–Crippen LogP) is 6.56. The molecule has 0 saturated carbocycles. The van der Waals surface area contributed by atoms with Gasteiger partial charge in [0.15, 0.2) is 0 Å². The fraction of sp³-hybridized carbons (Fsp3) is 0.296. The fourth-order valence-electron chi connectivity index (χ4n) is 3.51. The van der Waals surface area contributed by atoms with Crippen LogP contribution in [-0.4, -0.2) is 58.8 Å². The summed E-state index contributed by atoms with van der Waals surface area (Å²) in [6, 6.07) is 9.69. The Kier molecular flexibility index (Phi) is 11.8. The van der Waals surface area contributed by atoms with E-state index < -0.39 is 5.30 Å². The first-order valence-electron chi connectivity index (χ1n) is 11.5. The molecule has 1 aromatic heterocycles. The number of carbonyl (C=O) groups is 3. The van der Waals surface area contributed by atoms with Crippen LogP contribution in [0.5, 0.6) is 0 Å². The average molecular weight is 575 g/mol. The molecular weight excluding hydrogens is 548 g/mol. The number of carbonyl (C=O) groups excluding carboxylic acids is 3. The molecule has 194 valence electrons. The Morgan fingerprint density at radius 2 is 2.03 bits per heavy atom. The zero-order chi connectivity index (χ0) is 26.6. The average Bonchev–Trinajstić information content (AvgIpc) is 3.43. The maximum Gasteiger partial charge on any atom is 0.371 e. The first kappa shape index (κ1) is 29.1. The van der Waals surface area contributed by atoms with Crippen LogP contribution < -0.4 is 0 Å². The third kappa shape index (κ3) is 9.40. The highest BCUT2D eigenvalue weighted by molar-refractivity contribution is 8.16. The number of allylic oxidation sites excluding steroid dienone is 2. The number of thiophene rings is 1. The second-order valence-electron chi connectivity index (χ2n) is 7.90. The maximum absolute atomic E-state index is 12.8. The molecule has 10 heteroatoms. The number of hydrazine groups is 1. The number of Topliss-reactive ketones (excluding diaryl/α,β-unsaturated/α-hetero) is 1. The minimum absolute atomic E-state index is 0.0881. The number of thioether (sulfide) groups is 2. The van der Waals surface area contributed by atoms with E-state index in [1.165, 1.54) is 24.9 Å². The van der Waals surface area contributed by atoms with E-state index in [9.17, 15) is 14.4 Å². The molecule has 1 saturated heterocycles. The van der Waals surface area contributed by atoms with E-state index in [4.69, 9.17) is 16.3 Å². The van der Waals surface area contributed by atoms with E-state index in [0.29, 0.717) is 54.6 Å². The van der Waals surface area contributed by atoms with E-state index in [-0.39, 0.29) is 11.0 Å². The summed E-state index contributed by atoms with van der Waals surface area (Å²) in [5.74, 6) is 7.02. The van der Waals surface area contributed by atoms with Crippen molar-refractivity contribution in [3.8, 4) is 11.8 Å². The number of ketones is 1. The molecule has 0 unspecified atom stereocenters. The molecule has 0 atom stereocenters. The summed E-state index contributed by atoms with van der Waals surface area (Å²) < 4.78 is 4.72. The second kappa shape index (κ2) is 15.1. The van der Waals surface area contributed by atoms with Gasteiger partial charge in [0.1, 0.15) is 5.78 Å². The second-order valence-corrected chi connectivity index (χ2v) is 11.2. The lowest BCUT2D eigenvalue weighted by Crippen LogP contribution is -2.50. The van der Waals surface area contributed by atoms with Crippen molar-refractivity contribution in [2.24, 2.45) is 0 Å². The van der Waals surface area contributed by atoms with Gasteiger partial charge in [0, 0.05) is 59.6 Å². The Morgan fingerprint density at radius 1 is 1.22 bits per heavy atom. The number of nitrogens with zero attached hydrogens (tertiary/aromatic N) is 2. The van der Waals surface area contributed by atoms with Crippen molar-refractivity contribution < 1.29 is 19.1 Å². The minimum Gasteiger partial charge on any atom is -0.461 e. The van der Waals surface area contributed by atoms with Crippen molar-refractivity contribution in [2.75, 3.05) is 32.5 Å². The van der Waals surface area contributed by atoms with E-state index in [1.807, 2.05) is 46.1 Å². The number of methoxy groups -OCH3 is 1. The Labute approximate surface area is 235 Å². The van der Waals surface area contributed by atoms with Crippen molar-refractivity contribution in [2.45, 2.75) is 19.3 Å². The first-order valence-corrected chi connectivity index (χ1v) is 14.6. The number of hydrogen-bond donors (Lipinski definition) is 0. The smallest absolute Gasteiger partial charge is 0.371 e. The third-order valence-electron chi connectivity index (χ3n) is 5.35. The number of benzene rings is 1. The minimum atomic E-state index is -0.488. The van der Waals surface area contributed by atoms with Crippen molar-refractivity contribution in [3.63, 3.8) is 0 Å². The SMILES string of the molecule is C=C/C(Cl)=C(/CCN1C(=O)SCCN1CCC(=O)Cc1cccc(C#Cc2ccsc2)c1)SC(=O)OC. The summed E-state index contributed by atoms with van der Waals surface area (Å²) in [4.78, 5) is 37.7. The highest BCUT2D eigenvalue weighted by Gasteiger charge is 2.27. The monoisotopic (exact) mass is 574 g/mol. The van der Waals surface area contributed by atoms with E-state index >= 15 is 0 Å². The Bertz CT molecular complexity index is 1220. The summed E-state index contributed by atoms with van der Waals surface area (Å²) in [5.41, 5.74) is 2.76. The predicted molar refractivity (Wildman–Crippen MR) is 154 cm³/mol. The van der Waals surface area contributed by atoms with Crippen LogP contribution in [0.2, 0.25) is 0 Å². The molecule has 1 fully saturated rings. The molecule has 0 spiro atoms. The molecule has 6 nitrogen and oxygen atoms in total. The maximum atomic E-state index is 12.8. The molecule has 1 aliphatic heterocycles. The van der Waals surface area contributed by atoms with Crippen LogP contribution in [0.1, 0.15) is 29.5 Å². The molecule has 1 aromatic carbocycles. The molecule has 2 heterocycles.